The Bertz CT molecular complexity index is 384. The average molecular weight is 239 g/mol. The number of hydrogen-bond acceptors (Lipinski definition) is 3. The van der Waals surface area contributed by atoms with Crippen LogP contribution in [0.4, 0.5) is 10.1 Å². The van der Waals surface area contributed by atoms with Crippen LogP contribution in [0.1, 0.15) is 18.9 Å². The van der Waals surface area contributed by atoms with Gasteiger partial charge in [0.05, 0.1) is 12.7 Å². The van der Waals surface area contributed by atoms with E-state index in [0.717, 1.165) is 31.8 Å². The summed E-state index contributed by atoms with van der Waals surface area (Å²) in [6, 6.07) is 4.92. The van der Waals surface area contributed by atoms with Crippen LogP contribution in [0.15, 0.2) is 18.2 Å². The predicted octanol–water partition coefficient (Wildman–Crippen LogP) is 1.93. The molecule has 1 saturated heterocycles. The summed E-state index contributed by atoms with van der Waals surface area (Å²) in [6.45, 7) is 4.04. The number of hydrogen-bond donors (Lipinski definition) is 1. The van der Waals surface area contributed by atoms with Crippen LogP contribution >= 0.6 is 0 Å². The van der Waals surface area contributed by atoms with Crippen LogP contribution in [0.5, 0.6) is 0 Å². The summed E-state index contributed by atoms with van der Waals surface area (Å²) in [4.78, 5) is 2.09. The molecule has 1 atom stereocenters. The molecule has 0 bridgehead atoms. The highest BCUT2D eigenvalue weighted by Crippen LogP contribution is 2.25. The normalized spacial score (nSPS) is 21.4. The van der Waals surface area contributed by atoms with E-state index in [2.05, 4.69) is 4.90 Å². The molecular formula is C13H18FNO2. The van der Waals surface area contributed by atoms with Gasteiger partial charge in [-0.05, 0) is 25.5 Å². The van der Waals surface area contributed by atoms with Crippen molar-refractivity contribution in [1.29, 1.82) is 0 Å². The van der Waals surface area contributed by atoms with E-state index in [0.29, 0.717) is 5.56 Å². The maximum atomic E-state index is 13.6. The summed E-state index contributed by atoms with van der Waals surface area (Å²) in [6.07, 6.45) is 1.05. The lowest BCUT2D eigenvalue weighted by atomic mass is 10.1. The van der Waals surface area contributed by atoms with Gasteiger partial charge in [0.25, 0.3) is 0 Å². The topological polar surface area (TPSA) is 32.7 Å². The van der Waals surface area contributed by atoms with E-state index in [-0.39, 0.29) is 18.5 Å². The minimum Gasteiger partial charge on any atom is -0.391 e. The van der Waals surface area contributed by atoms with Crippen LogP contribution in [0, 0.1) is 5.82 Å². The molecule has 3 nitrogen and oxygen atoms in total. The molecule has 1 unspecified atom stereocenters. The molecule has 2 rings (SSSR count). The molecule has 1 aromatic carbocycles. The Kier molecular flexibility index (Phi) is 3.97. The smallest absolute Gasteiger partial charge is 0.130 e. The Hall–Kier alpha value is -1.13. The number of aliphatic hydroxyl groups is 1. The van der Waals surface area contributed by atoms with Crippen molar-refractivity contribution >= 4 is 5.69 Å². The van der Waals surface area contributed by atoms with E-state index in [1.165, 1.54) is 6.07 Å². The van der Waals surface area contributed by atoms with Crippen LogP contribution < -0.4 is 4.90 Å². The van der Waals surface area contributed by atoms with E-state index in [4.69, 9.17) is 4.74 Å². The van der Waals surface area contributed by atoms with Crippen LogP contribution in [-0.2, 0) is 11.3 Å². The summed E-state index contributed by atoms with van der Waals surface area (Å²) >= 11 is 0. The zero-order valence-corrected chi connectivity index (χ0v) is 10.0. The highest BCUT2D eigenvalue weighted by molar-refractivity contribution is 5.54. The van der Waals surface area contributed by atoms with Crippen LogP contribution in [0.3, 0.4) is 0 Å². The minimum atomic E-state index is -0.345. The second-order valence-corrected chi connectivity index (χ2v) is 4.38. The van der Waals surface area contributed by atoms with Gasteiger partial charge in [-0.3, -0.25) is 0 Å². The van der Waals surface area contributed by atoms with Gasteiger partial charge in [0, 0.05) is 30.9 Å². The number of nitrogens with zero attached hydrogens (tertiary/aromatic N) is 1. The summed E-state index contributed by atoms with van der Waals surface area (Å²) in [7, 11) is 0. The fourth-order valence-electron chi connectivity index (χ4n) is 2.21. The molecule has 0 amide bonds. The van der Waals surface area contributed by atoms with Crippen molar-refractivity contribution in [3.8, 4) is 0 Å². The first-order valence-electron chi connectivity index (χ1n) is 5.97. The minimum absolute atomic E-state index is 0.132. The van der Waals surface area contributed by atoms with Crippen molar-refractivity contribution in [2.45, 2.75) is 26.1 Å². The molecule has 0 aromatic heterocycles. The molecule has 0 spiro atoms. The molecule has 1 heterocycles. The number of rotatable bonds is 2. The highest BCUT2D eigenvalue weighted by atomic mass is 19.1. The van der Waals surface area contributed by atoms with Gasteiger partial charge in [0.2, 0.25) is 0 Å². The van der Waals surface area contributed by atoms with Crippen molar-refractivity contribution in [3.05, 3.63) is 29.6 Å². The molecular weight excluding hydrogens is 221 g/mol. The SMILES string of the molecule is CC1CN(c2cccc(F)c2CO)CCCO1. The third kappa shape index (κ3) is 2.76. The van der Waals surface area contributed by atoms with Crippen LogP contribution in [0.25, 0.3) is 0 Å². The van der Waals surface area contributed by atoms with E-state index in [1.807, 2.05) is 13.0 Å². The van der Waals surface area contributed by atoms with E-state index < -0.39 is 0 Å². The Morgan fingerprint density at radius 1 is 1.53 bits per heavy atom. The Morgan fingerprint density at radius 3 is 3.12 bits per heavy atom. The summed E-state index contributed by atoms with van der Waals surface area (Å²) in [5, 5.41) is 9.27. The van der Waals surface area contributed by atoms with Gasteiger partial charge < -0.3 is 14.7 Å². The molecule has 0 saturated carbocycles. The number of ether oxygens (including phenoxy) is 1. The standard InChI is InChI=1S/C13H18FNO2/c1-10-8-15(6-3-7-17-10)13-5-2-4-12(14)11(13)9-16/h2,4-5,10,16H,3,6-9H2,1H3. The van der Waals surface area contributed by atoms with E-state index >= 15 is 0 Å². The van der Waals surface area contributed by atoms with Crippen molar-refractivity contribution in [2.75, 3.05) is 24.6 Å². The Labute approximate surface area is 101 Å². The third-order valence-electron chi connectivity index (χ3n) is 3.05. The predicted molar refractivity (Wildman–Crippen MR) is 64.6 cm³/mol. The summed E-state index contributed by atoms with van der Waals surface area (Å²) < 4.78 is 19.1. The zero-order chi connectivity index (χ0) is 12.3. The van der Waals surface area contributed by atoms with Gasteiger partial charge >= 0.3 is 0 Å². The fourth-order valence-corrected chi connectivity index (χ4v) is 2.21. The van der Waals surface area contributed by atoms with Crippen LogP contribution in [-0.4, -0.2) is 30.9 Å². The lowest BCUT2D eigenvalue weighted by molar-refractivity contribution is 0.0820. The molecule has 4 heteroatoms. The first-order valence-corrected chi connectivity index (χ1v) is 5.97. The molecule has 1 aliphatic rings. The molecule has 0 radical (unpaired) electrons. The number of halogens is 1. The highest BCUT2D eigenvalue weighted by Gasteiger charge is 2.19. The maximum absolute atomic E-state index is 13.6. The zero-order valence-electron chi connectivity index (χ0n) is 10.0. The van der Waals surface area contributed by atoms with Gasteiger partial charge in [0.15, 0.2) is 0 Å². The first kappa shape index (κ1) is 12.3. The molecule has 94 valence electrons. The molecule has 1 N–H and O–H groups in total. The van der Waals surface area contributed by atoms with Gasteiger partial charge in [0.1, 0.15) is 5.82 Å². The second kappa shape index (κ2) is 5.47. The van der Waals surface area contributed by atoms with E-state index in [1.54, 1.807) is 6.07 Å². The number of benzene rings is 1. The van der Waals surface area contributed by atoms with Gasteiger partial charge in [-0.2, -0.15) is 0 Å². The maximum Gasteiger partial charge on any atom is 0.130 e. The van der Waals surface area contributed by atoms with Crippen LogP contribution in [0.2, 0.25) is 0 Å². The van der Waals surface area contributed by atoms with Gasteiger partial charge in [-0.25, -0.2) is 4.39 Å². The lowest BCUT2D eigenvalue weighted by Gasteiger charge is -2.26. The van der Waals surface area contributed by atoms with Gasteiger partial charge in [-0.15, -0.1) is 0 Å². The third-order valence-corrected chi connectivity index (χ3v) is 3.05. The van der Waals surface area contributed by atoms with E-state index in [9.17, 15) is 9.50 Å². The van der Waals surface area contributed by atoms with Crippen molar-refractivity contribution in [1.82, 2.24) is 0 Å². The second-order valence-electron chi connectivity index (χ2n) is 4.38. The fraction of sp³-hybridized carbons (Fsp3) is 0.538. The van der Waals surface area contributed by atoms with Crippen molar-refractivity contribution < 1.29 is 14.2 Å². The lowest BCUT2D eigenvalue weighted by Crippen LogP contribution is -2.31. The largest absolute Gasteiger partial charge is 0.391 e. The number of aliphatic hydroxyl groups excluding tert-OH is 1. The molecule has 1 aromatic rings. The molecule has 1 aliphatic heterocycles. The molecule has 1 fully saturated rings. The summed E-state index contributed by atoms with van der Waals surface area (Å²) in [5.74, 6) is -0.345. The van der Waals surface area contributed by atoms with Gasteiger partial charge in [-0.1, -0.05) is 6.07 Å². The quantitative estimate of drug-likeness (QED) is 0.856. The van der Waals surface area contributed by atoms with Crippen molar-refractivity contribution in [3.63, 3.8) is 0 Å². The summed E-state index contributed by atoms with van der Waals surface area (Å²) in [5.41, 5.74) is 1.16. The average Bonchev–Trinajstić information content (AvgIpc) is 2.53. The first-order chi connectivity index (χ1) is 8.22. The Morgan fingerprint density at radius 2 is 2.35 bits per heavy atom. The number of anilines is 1. The Balaban J connectivity index is 2.28. The monoisotopic (exact) mass is 239 g/mol. The molecule has 17 heavy (non-hydrogen) atoms. The molecule has 0 aliphatic carbocycles. The van der Waals surface area contributed by atoms with Crippen molar-refractivity contribution in [2.24, 2.45) is 0 Å².